The van der Waals surface area contributed by atoms with Gasteiger partial charge >= 0.3 is 0 Å². The van der Waals surface area contributed by atoms with Crippen molar-refractivity contribution < 1.29 is 9.84 Å². The van der Waals surface area contributed by atoms with Crippen LogP contribution in [0.1, 0.15) is 136 Å². The molecule has 0 spiro atoms. The van der Waals surface area contributed by atoms with Gasteiger partial charge in [-0.3, -0.25) is 0 Å². The van der Waals surface area contributed by atoms with Crippen LogP contribution in [0.3, 0.4) is 0 Å². The molecule has 0 amide bonds. The normalized spacial score (nSPS) is 13.8. The summed E-state index contributed by atoms with van der Waals surface area (Å²) < 4.78 is 5.90. The summed E-state index contributed by atoms with van der Waals surface area (Å²) in [6, 6.07) is 0. The first-order valence-corrected chi connectivity index (χ1v) is 12.7. The average Bonchev–Trinajstić information content (AvgIpc) is 2.66. The van der Waals surface area contributed by atoms with E-state index in [-0.39, 0.29) is 6.10 Å². The van der Waals surface area contributed by atoms with Crippen LogP contribution in [-0.2, 0) is 4.74 Å². The number of hydrogen-bond acceptors (Lipinski definition) is 3. The number of ether oxygens (including phenoxy) is 1. The van der Waals surface area contributed by atoms with Crippen molar-refractivity contribution in [1.29, 1.82) is 0 Å². The Morgan fingerprint density at radius 2 is 0.963 bits per heavy atom. The lowest BCUT2D eigenvalue weighted by atomic mass is 10.0. The van der Waals surface area contributed by atoms with Crippen molar-refractivity contribution in [2.75, 3.05) is 6.61 Å². The smallest absolute Gasteiger partial charge is 0.123 e. The van der Waals surface area contributed by atoms with Crippen molar-refractivity contribution in [3.63, 3.8) is 0 Å². The summed E-state index contributed by atoms with van der Waals surface area (Å²) >= 11 is 4.21. The Morgan fingerprint density at radius 3 is 1.37 bits per heavy atom. The van der Waals surface area contributed by atoms with Crippen molar-refractivity contribution >= 4 is 12.6 Å². The number of aliphatic hydroxyl groups is 1. The molecule has 1 N–H and O–H groups in total. The SMILES string of the molecule is CCCCCCCCCCCCC(OCCCCCCCCCC)C(O)S. The number of rotatable bonds is 22. The third-order valence-electron chi connectivity index (χ3n) is 5.50. The van der Waals surface area contributed by atoms with Crippen molar-refractivity contribution in [2.24, 2.45) is 0 Å². The number of hydrogen-bond donors (Lipinski definition) is 2. The second-order valence-corrected chi connectivity index (χ2v) is 8.80. The highest BCUT2D eigenvalue weighted by Crippen LogP contribution is 2.16. The van der Waals surface area contributed by atoms with Crippen LogP contribution in [0, 0.1) is 0 Å². The molecule has 0 aromatic carbocycles. The summed E-state index contributed by atoms with van der Waals surface area (Å²) in [7, 11) is 0. The largest absolute Gasteiger partial charge is 0.380 e. The first-order valence-electron chi connectivity index (χ1n) is 12.2. The third-order valence-corrected chi connectivity index (χ3v) is 5.84. The van der Waals surface area contributed by atoms with Crippen LogP contribution in [0.5, 0.6) is 0 Å². The van der Waals surface area contributed by atoms with Crippen molar-refractivity contribution in [2.45, 2.75) is 147 Å². The van der Waals surface area contributed by atoms with Gasteiger partial charge in [-0.25, -0.2) is 0 Å². The van der Waals surface area contributed by atoms with Gasteiger partial charge in [0.05, 0.1) is 6.10 Å². The van der Waals surface area contributed by atoms with Crippen LogP contribution in [-0.4, -0.2) is 23.3 Å². The Balaban J connectivity index is 3.44. The van der Waals surface area contributed by atoms with Gasteiger partial charge in [-0.1, -0.05) is 123 Å². The predicted octanol–water partition coefficient (Wildman–Crippen LogP) is 8.07. The molecule has 2 atom stereocenters. The van der Waals surface area contributed by atoms with Crippen LogP contribution >= 0.6 is 12.6 Å². The number of aliphatic hydroxyl groups excluding tert-OH is 1. The maximum absolute atomic E-state index is 9.82. The molecule has 3 heteroatoms. The fraction of sp³-hybridized carbons (Fsp3) is 1.00. The average molecular weight is 403 g/mol. The second kappa shape index (κ2) is 22.6. The minimum Gasteiger partial charge on any atom is -0.380 e. The summed E-state index contributed by atoms with van der Waals surface area (Å²) in [5.41, 5.74) is -0.641. The lowest BCUT2D eigenvalue weighted by Gasteiger charge is -2.20. The molecule has 164 valence electrons. The van der Waals surface area contributed by atoms with E-state index in [1.54, 1.807) is 0 Å². The van der Waals surface area contributed by atoms with E-state index in [0.717, 1.165) is 25.9 Å². The highest BCUT2D eigenvalue weighted by Gasteiger charge is 2.15. The van der Waals surface area contributed by atoms with Gasteiger partial charge in [0, 0.05) is 6.61 Å². The maximum atomic E-state index is 9.82. The van der Waals surface area contributed by atoms with Crippen LogP contribution in [0.4, 0.5) is 0 Å². The predicted molar refractivity (Wildman–Crippen MR) is 124 cm³/mol. The topological polar surface area (TPSA) is 29.5 Å². The molecule has 0 fully saturated rings. The van der Waals surface area contributed by atoms with Gasteiger partial charge in [0.2, 0.25) is 0 Å². The van der Waals surface area contributed by atoms with Crippen LogP contribution < -0.4 is 0 Å². The number of unbranched alkanes of at least 4 members (excludes halogenated alkanes) is 16. The molecule has 0 radical (unpaired) electrons. The third kappa shape index (κ3) is 20.8. The van der Waals surface area contributed by atoms with Gasteiger partial charge in [-0.15, -0.1) is 12.6 Å². The van der Waals surface area contributed by atoms with E-state index in [1.165, 1.54) is 103 Å². The first-order chi connectivity index (χ1) is 13.2. The van der Waals surface area contributed by atoms with Crippen LogP contribution in [0.25, 0.3) is 0 Å². The van der Waals surface area contributed by atoms with Gasteiger partial charge in [0.15, 0.2) is 0 Å². The highest BCUT2D eigenvalue weighted by atomic mass is 32.1. The molecule has 2 nitrogen and oxygen atoms in total. The van der Waals surface area contributed by atoms with Crippen LogP contribution in [0.2, 0.25) is 0 Å². The van der Waals surface area contributed by atoms with Crippen molar-refractivity contribution in [1.82, 2.24) is 0 Å². The number of thiol groups is 1. The molecule has 0 aromatic heterocycles. The van der Waals surface area contributed by atoms with Gasteiger partial charge in [0.25, 0.3) is 0 Å². The Kier molecular flexibility index (Phi) is 22.8. The highest BCUT2D eigenvalue weighted by molar-refractivity contribution is 7.80. The summed E-state index contributed by atoms with van der Waals surface area (Å²) in [6.07, 6.45) is 24.8. The van der Waals surface area contributed by atoms with E-state index in [2.05, 4.69) is 26.5 Å². The zero-order chi connectivity index (χ0) is 20.0. The zero-order valence-electron chi connectivity index (χ0n) is 18.6. The van der Waals surface area contributed by atoms with Crippen molar-refractivity contribution in [3.8, 4) is 0 Å². The van der Waals surface area contributed by atoms with Crippen LogP contribution in [0.15, 0.2) is 0 Å². The molecule has 0 aliphatic rings. The van der Waals surface area contributed by atoms with Gasteiger partial charge < -0.3 is 9.84 Å². The van der Waals surface area contributed by atoms with Gasteiger partial charge in [0.1, 0.15) is 5.44 Å². The molecule has 0 heterocycles. The monoisotopic (exact) mass is 402 g/mol. The van der Waals surface area contributed by atoms with E-state index in [9.17, 15) is 5.11 Å². The molecule has 0 saturated heterocycles. The summed E-state index contributed by atoms with van der Waals surface area (Å²) in [5.74, 6) is 0. The molecule has 0 bridgehead atoms. The minimum atomic E-state index is -0.641. The molecule has 0 rings (SSSR count). The van der Waals surface area contributed by atoms with E-state index in [4.69, 9.17) is 4.74 Å². The summed E-state index contributed by atoms with van der Waals surface area (Å²) in [4.78, 5) is 0. The molecular weight excluding hydrogens is 352 g/mol. The quantitative estimate of drug-likeness (QED) is 0.109. The first kappa shape index (κ1) is 27.3. The Labute approximate surface area is 176 Å². The summed E-state index contributed by atoms with van der Waals surface area (Å²) in [6.45, 7) is 5.31. The molecule has 27 heavy (non-hydrogen) atoms. The second-order valence-electron chi connectivity index (χ2n) is 8.27. The molecular formula is C24H50O2S. The summed E-state index contributed by atoms with van der Waals surface area (Å²) in [5, 5.41) is 9.82. The molecule has 2 unspecified atom stereocenters. The van der Waals surface area contributed by atoms with Gasteiger partial charge in [-0.05, 0) is 12.8 Å². The fourth-order valence-electron chi connectivity index (χ4n) is 3.62. The molecule has 0 aliphatic carbocycles. The lowest BCUT2D eigenvalue weighted by Crippen LogP contribution is -2.25. The van der Waals surface area contributed by atoms with E-state index >= 15 is 0 Å². The molecule has 0 aliphatic heterocycles. The zero-order valence-corrected chi connectivity index (χ0v) is 19.5. The fourth-order valence-corrected chi connectivity index (χ4v) is 3.86. The van der Waals surface area contributed by atoms with E-state index in [0.29, 0.717) is 0 Å². The Hall–Kier alpha value is 0.270. The maximum Gasteiger partial charge on any atom is 0.123 e. The standard InChI is InChI=1S/C24H50O2S/c1-3-5-7-9-11-13-14-15-17-19-21-23(24(25)27)26-22-20-18-16-12-10-8-6-4-2/h23-25,27H,3-22H2,1-2H3. The van der Waals surface area contributed by atoms with E-state index < -0.39 is 5.44 Å². The van der Waals surface area contributed by atoms with E-state index in [1.807, 2.05) is 0 Å². The lowest BCUT2D eigenvalue weighted by molar-refractivity contribution is -0.00796. The molecule has 0 saturated carbocycles. The minimum absolute atomic E-state index is 0.0908. The Morgan fingerprint density at radius 1 is 0.593 bits per heavy atom. The van der Waals surface area contributed by atoms with Crippen molar-refractivity contribution in [3.05, 3.63) is 0 Å². The van der Waals surface area contributed by atoms with Gasteiger partial charge in [-0.2, -0.15) is 0 Å². The Bertz CT molecular complexity index is 271. The molecule has 0 aromatic rings.